The molecule has 3 aliphatic heterocycles. The molecule has 0 spiro atoms. The molecule has 248 valence electrons. The zero-order chi connectivity index (χ0) is 33.1. The van der Waals surface area contributed by atoms with E-state index in [1.54, 1.807) is 17.2 Å². The van der Waals surface area contributed by atoms with Crippen molar-refractivity contribution in [3.8, 4) is 11.1 Å². The summed E-state index contributed by atoms with van der Waals surface area (Å²) in [5.74, 6) is -0.608. The molecular formula is C39H40N2O5S2. The SMILES string of the molecule is C1=CN(OC2CCCCO2)CC=C1c1ccc(C2=Cc3ccc4c(c3CC2)CCc2ccccc2-4)s1.NC(=O)CC1C=CC=CS1(=O)=O. The van der Waals surface area contributed by atoms with Gasteiger partial charge < -0.3 is 10.5 Å². The van der Waals surface area contributed by atoms with Crippen molar-refractivity contribution >= 4 is 44.3 Å². The number of fused-ring (bicyclic) bond motifs is 5. The van der Waals surface area contributed by atoms with Gasteiger partial charge in [-0.25, -0.2) is 13.3 Å². The number of primary amides is 1. The summed E-state index contributed by atoms with van der Waals surface area (Å²) < 4.78 is 28.1. The summed E-state index contributed by atoms with van der Waals surface area (Å²) in [6, 6.07) is 18.2. The minimum Gasteiger partial charge on any atom is -0.370 e. The van der Waals surface area contributed by atoms with E-state index in [0.29, 0.717) is 0 Å². The number of amides is 1. The van der Waals surface area contributed by atoms with Crippen LogP contribution in [-0.2, 0) is 43.5 Å². The first-order chi connectivity index (χ1) is 23.3. The molecule has 5 aliphatic rings. The summed E-state index contributed by atoms with van der Waals surface area (Å²) in [4.78, 5) is 19.2. The predicted molar refractivity (Wildman–Crippen MR) is 193 cm³/mol. The van der Waals surface area contributed by atoms with E-state index in [0.717, 1.165) is 57.1 Å². The number of hydrogen-bond donors (Lipinski definition) is 1. The predicted octanol–water partition coefficient (Wildman–Crippen LogP) is 7.40. The quantitative estimate of drug-likeness (QED) is 0.291. The van der Waals surface area contributed by atoms with E-state index >= 15 is 0 Å². The van der Waals surface area contributed by atoms with Crippen molar-refractivity contribution in [2.75, 3.05) is 13.2 Å². The maximum atomic E-state index is 11.2. The van der Waals surface area contributed by atoms with Gasteiger partial charge in [0.05, 0.1) is 11.8 Å². The lowest BCUT2D eigenvalue weighted by molar-refractivity contribution is -0.267. The van der Waals surface area contributed by atoms with E-state index in [2.05, 4.69) is 66.8 Å². The molecule has 3 aromatic rings. The molecule has 2 aromatic carbocycles. The number of nitrogens with two attached hydrogens (primary N) is 1. The Morgan fingerprint density at radius 2 is 1.81 bits per heavy atom. The molecule has 2 aliphatic carbocycles. The number of sulfone groups is 1. The molecule has 9 heteroatoms. The van der Waals surface area contributed by atoms with Gasteiger partial charge in [0, 0.05) is 40.8 Å². The highest BCUT2D eigenvalue weighted by Crippen LogP contribution is 2.42. The lowest BCUT2D eigenvalue weighted by atomic mass is 9.78. The summed E-state index contributed by atoms with van der Waals surface area (Å²) in [5, 5.41) is 2.20. The van der Waals surface area contributed by atoms with Crippen molar-refractivity contribution in [3.63, 3.8) is 0 Å². The van der Waals surface area contributed by atoms with E-state index in [1.165, 1.54) is 61.7 Å². The summed E-state index contributed by atoms with van der Waals surface area (Å²) in [5.41, 5.74) is 16.6. The van der Waals surface area contributed by atoms with Gasteiger partial charge in [-0.05, 0) is 101 Å². The minimum atomic E-state index is -3.29. The van der Waals surface area contributed by atoms with Crippen LogP contribution in [0, 0.1) is 0 Å². The Bertz CT molecular complexity index is 1960. The van der Waals surface area contributed by atoms with Gasteiger partial charge in [-0.15, -0.1) is 11.3 Å². The Kier molecular flexibility index (Phi) is 9.64. The van der Waals surface area contributed by atoms with Crippen LogP contribution in [0.1, 0.15) is 64.1 Å². The van der Waals surface area contributed by atoms with Crippen molar-refractivity contribution in [3.05, 3.63) is 123 Å². The lowest BCUT2D eigenvalue weighted by Gasteiger charge is -2.29. The van der Waals surface area contributed by atoms with Gasteiger partial charge in [0.25, 0.3) is 0 Å². The second-order valence-corrected chi connectivity index (χ2v) is 15.8. The van der Waals surface area contributed by atoms with Crippen molar-refractivity contribution in [1.29, 1.82) is 0 Å². The molecule has 1 saturated heterocycles. The number of ether oxygens (including phenoxy) is 1. The maximum Gasteiger partial charge on any atom is 0.219 e. The summed E-state index contributed by atoms with van der Waals surface area (Å²) in [6.07, 6.45) is 21.0. The Hall–Kier alpha value is -4.02. The number of nitrogens with zero attached hydrogens (tertiary/aromatic N) is 1. The molecule has 48 heavy (non-hydrogen) atoms. The average molecular weight is 681 g/mol. The first kappa shape index (κ1) is 32.5. The fourth-order valence-corrected chi connectivity index (χ4v) is 9.23. The molecule has 1 fully saturated rings. The van der Waals surface area contributed by atoms with Crippen LogP contribution in [0.15, 0.2) is 90.5 Å². The Balaban J connectivity index is 0.000000259. The Labute approximate surface area is 286 Å². The third-order valence-corrected chi connectivity index (χ3v) is 12.3. The molecule has 7 nitrogen and oxygen atoms in total. The molecule has 4 heterocycles. The first-order valence-corrected chi connectivity index (χ1v) is 19.1. The minimum absolute atomic E-state index is 0.104. The number of hydroxylamine groups is 2. The van der Waals surface area contributed by atoms with E-state index < -0.39 is 21.0 Å². The highest BCUT2D eigenvalue weighted by Gasteiger charge is 2.25. The Morgan fingerprint density at radius 3 is 2.60 bits per heavy atom. The van der Waals surface area contributed by atoms with Crippen LogP contribution >= 0.6 is 11.3 Å². The monoisotopic (exact) mass is 680 g/mol. The fraction of sp³-hybridized carbons (Fsp3) is 0.308. The largest absolute Gasteiger partial charge is 0.370 e. The van der Waals surface area contributed by atoms with Gasteiger partial charge in [-0.1, -0.05) is 66.8 Å². The van der Waals surface area contributed by atoms with Gasteiger partial charge in [0.1, 0.15) is 0 Å². The second kappa shape index (κ2) is 14.2. The van der Waals surface area contributed by atoms with E-state index in [4.69, 9.17) is 15.3 Å². The van der Waals surface area contributed by atoms with Crippen molar-refractivity contribution in [2.45, 2.75) is 62.9 Å². The average Bonchev–Trinajstić information content (AvgIpc) is 3.60. The number of carbonyl (C=O) groups excluding carboxylic acids is 1. The van der Waals surface area contributed by atoms with E-state index in [-0.39, 0.29) is 12.7 Å². The smallest absolute Gasteiger partial charge is 0.219 e. The van der Waals surface area contributed by atoms with Crippen molar-refractivity contribution in [2.24, 2.45) is 5.73 Å². The van der Waals surface area contributed by atoms with Crippen LogP contribution in [-0.4, -0.2) is 44.1 Å². The van der Waals surface area contributed by atoms with Crippen LogP contribution in [0.25, 0.3) is 28.3 Å². The maximum absolute atomic E-state index is 11.2. The molecule has 8 rings (SSSR count). The molecule has 0 saturated carbocycles. The van der Waals surface area contributed by atoms with E-state index in [9.17, 15) is 13.2 Å². The number of hydrogen-bond acceptors (Lipinski definition) is 7. The zero-order valence-corrected chi connectivity index (χ0v) is 28.5. The van der Waals surface area contributed by atoms with Crippen molar-refractivity contribution in [1.82, 2.24) is 5.06 Å². The highest BCUT2D eigenvalue weighted by atomic mass is 32.2. The van der Waals surface area contributed by atoms with Crippen molar-refractivity contribution < 1.29 is 22.8 Å². The lowest BCUT2D eigenvalue weighted by Crippen LogP contribution is -2.31. The topological polar surface area (TPSA) is 98.9 Å². The molecule has 0 radical (unpaired) electrons. The molecule has 2 atom stereocenters. The normalized spacial score (nSPS) is 22.0. The third-order valence-electron chi connectivity index (χ3n) is 9.43. The van der Waals surface area contributed by atoms with Crippen LogP contribution in [0.3, 0.4) is 0 Å². The number of allylic oxidation sites excluding steroid dienone is 5. The Morgan fingerprint density at radius 1 is 0.958 bits per heavy atom. The van der Waals surface area contributed by atoms with Gasteiger partial charge in [-0.3, -0.25) is 9.86 Å². The molecular weight excluding hydrogens is 641 g/mol. The molecule has 1 amide bonds. The van der Waals surface area contributed by atoms with Crippen LogP contribution in [0.4, 0.5) is 0 Å². The first-order valence-electron chi connectivity index (χ1n) is 16.7. The number of rotatable bonds is 6. The van der Waals surface area contributed by atoms with Crippen LogP contribution < -0.4 is 5.73 Å². The second-order valence-electron chi connectivity index (χ2n) is 12.6. The van der Waals surface area contributed by atoms with Crippen LogP contribution in [0.5, 0.6) is 0 Å². The molecule has 1 aromatic heterocycles. The summed E-state index contributed by atoms with van der Waals surface area (Å²) >= 11 is 1.91. The van der Waals surface area contributed by atoms with Gasteiger partial charge in [-0.2, -0.15) is 0 Å². The van der Waals surface area contributed by atoms with Gasteiger partial charge in [0.2, 0.25) is 5.91 Å². The standard InChI is InChI=1S/C32H31NO2S.C7H9NO3S/c1-2-6-26-22(5-1)8-12-29-27-11-10-25(21-24(27)9-13-28(26)29)31-15-14-30(36-31)23-16-18-33(19-17-23)35-32-7-3-4-20-34-32;8-7(9)5-6-3-1-2-4-12(6,10)11/h1-2,5-6,9,13-18,21,32H,3-4,7-8,10-12,19-20H2;1-4,6H,5H2,(H2,8,9). The van der Waals surface area contributed by atoms with E-state index in [1.807, 2.05) is 22.6 Å². The highest BCUT2D eigenvalue weighted by molar-refractivity contribution is 7.95. The number of benzene rings is 2. The zero-order valence-electron chi connectivity index (χ0n) is 26.8. The number of thiophene rings is 1. The number of carbonyl (C=O) groups is 1. The third kappa shape index (κ3) is 7.20. The summed E-state index contributed by atoms with van der Waals surface area (Å²) in [7, 11) is -3.29. The molecule has 0 bridgehead atoms. The van der Waals surface area contributed by atoms with Gasteiger partial charge >= 0.3 is 0 Å². The van der Waals surface area contributed by atoms with Crippen LogP contribution in [0.2, 0.25) is 0 Å². The fourth-order valence-electron chi connectivity index (χ4n) is 6.94. The molecule has 2 unspecified atom stereocenters. The van der Waals surface area contributed by atoms with Gasteiger partial charge in [0.15, 0.2) is 16.1 Å². The summed E-state index contributed by atoms with van der Waals surface area (Å²) in [6.45, 7) is 1.56. The molecule has 2 N–H and O–H groups in total. The number of aryl methyl sites for hydroxylation is 1.